The van der Waals surface area contributed by atoms with Crippen LogP contribution in [0.25, 0.3) is 0 Å². The van der Waals surface area contributed by atoms with Crippen LogP contribution >= 0.6 is 0 Å². The standard InChI is InChI=1S/C21H32O3/c1-3-4-5-6-7-8-9-10-11-12-19(22)15-13-18-14-16-20(23)21(17-18)24-2/h11-12,14,16-17,23H,3-10,13,15H2,1-2H3/b12-11+. The van der Waals surface area contributed by atoms with E-state index in [1.54, 1.807) is 18.2 Å². The fraction of sp³-hybridized carbons (Fsp3) is 0.571. The molecule has 1 aromatic rings. The molecule has 0 atom stereocenters. The van der Waals surface area contributed by atoms with Gasteiger partial charge in [-0.2, -0.15) is 0 Å². The van der Waals surface area contributed by atoms with Crippen molar-refractivity contribution >= 4 is 5.78 Å². The first-order chi connectivity index (χ1) is 11.7. The van der Waals surface area contributed by atoms with E-state index in [9.17, 15) is 9.90 Å². The highest BCUT2D eigenvalue weighted by atomic mass is 16.5. The monoisotopic (exact) mass is 332 g/mol. The largest absolute Gasteiger partial charge is 0.504 e. The van der Waals surface area contributed by atoms with E-state index in [4.69, 9.17) is 4.74 Å². The Morgan fingerprint density at radius 2 is 1.83 bits per heavy atom. The highest BCUT2D eigenvalue weighted by Gasteiger charge is 2.04. The second-order valence-electron chi connectivity index (χ2n) is 6.28. The predicted molar refractivity (Wildman–Crippen MR) is 99.7 cm³/mol. The maximum absolute atomic E-state index is 11.9. The van der Waals surface area contributed by atoms with E-state index in [1.165, 1.54) is 52.1 Å². The third-order valence-corrected chi connectivity index (χ3v) is 4.18. The van der Waals surface area contributed by atoms with Crippen molar-refractivity contribution in [3.05, 3.63) is 35.9 Å². The molecule has 0 heterocycles. The van der Waals surface area contributed by atoms with Crippen LogP contribution in [-0.2, 0) is 11.2 Å². The van der Waals surface area contributed by atoms with Gasteiger partial charge < -0.3 is 9.84 Å². The Morgan fingerprint density at radius 3 is 2.54 bits per heavy atom. The first kappa shape index (κ1) is 20.3. The van der Waals surface area contributed by atoms with Crippen molar-refractivity contribution in [2.45, 2.75) is 71.1 Å². The van der Waals surface area contributed by atoms with Crippen molar-refractivity contribution in [3.63, 3.8) is 0 Å². The van der Waals surface area contributed by atoms with Crippen molar-refractivity contribution in [1.82, 2.24) is 0 Å². The number of hydrogen-bond donors (Lipinski definition) is 1. The minimum atomic E-state index is 0.127. The summed E-state index contributed by atoms with van der Waals surface area (Å²) in [6, 6.07) is 5.22. The molecule has 0 unspecified atom stereocenters. The van der Waals surface area contributed by atoms with Gasteiger partial charge in [-0.1, -0.05) is 57.6 Å². The molecule has 3 heteroatoms. The molecule has 0 aliphatic carbocycles. The Bertz CT molecular complexity index is 506. The molecule has 3 nitrogen and oxygen atoms in total. The molecule has 0 saturated carbocycles. The summed E-state index contributed by atoms with van der Waals surface area (Å²) < 4.78 is 5.08. The van der Waals surface area contributed by atoms with Crippen molar-refractivity contribution in [3.8, 4) is 11.5 Å². The number of phenols is 1. The number of carbonyl (C=O) groups is 1. The predicted octanol–water partition coefficient (Wildman–Crippen LogP) is 5.60. The summed E-state index contributed by atoms with van der Waals surface area (Å²) in [5, 5.41) is 9.56. The molecule has 24 heavy (non-hydrogen) atoms. The molecule has 0 spiro atoms. The summed E-state index contributed by atoms with van der Waals surface area (Å²) in [6.45, 7) is 2.24. The SMILES string of the molecule is CCCCCCCCC/C=C/C(=O)CCc1ccc(O)c(OC)c1. The van der Waals surface area contributed by atoms with Gasteiger partial charge in [0.1, 0.15) is 0 Å². The Kier molecular flexibility index (Phi) is 10.7. The summed E-state index contributed by atoms with van der Waals surface area (Å²) >= 11 is 0. The summed E-state index contributed by atoms with van der Waals surface area (Å²) in [5.41, 5.74) is 0.999. The van der Waals surface area contributed by atoms with E-state index in [0.717, 1.165) is 12.0 Å². The number of hydrogen-bond acceptors (Lipinski definition) is 3. The molecule has 134 valence electrons. The van der Waals surface area contributed by atoms with Crippen LogP contribution < -0.4 is 4.74 Å². The molecule has 0 aromatic heterocycles. The fourth-order valence-corrected chi connectivity index (χ4v) is 2.66. The lowest BCUT2D eigenvalue weighted by atomic mass is 10.1. The zero-order chi connectivity index (χ0) is 17.6. The van der Waals surface area contributed by atoms with Gasteiger partial charge >= 0.3 is 0 Å². The van der Waals surface area contributed by atoms with E-state index >= 15 is 0 Å². The van der Waals surface area contributed by atoms with Gasteiger partial charge in [-0.3, -0.25) is 4.79 Å². The van der Waals surface area contributed by atoms with Crippen LogP contribution in [0.4, 0.5) is 0 Å². The van der Waals surface area contributed by atoms with Crippen molar-refractivity contribution in [2.75, 3.05) is 7.11 Å². The molecule has 0 amide bonds. The number of phenolic OH excluding ortho intramolecular Hbond substituents is 1. The van der Waals surface area contributed by atoms with Crippen molar-refractivity contribution in [2.24, 2.45) is 0 Å². The second-order valence-corrected chi connectivity index (χ2v) is 6.28. The van der Waals surface area contributed by atoms with Gasteiger partial charge in [0.05, 0.1) is 7.11 Å². The first-order valence-electron chi connectivity index (χ1n) is 9.22. The van der Waals surface area contributed by atoms with Gasteiger partial charge in [0.2, 0.25) is 0 Å². The van der Waals surface area contributed by atoms with Crippen LogP contribution in [0, 0.1) is 0 Å². The number of carbonyl (C=O) groups excluding carboxylic acids is 1. The summed E-state index contributed by atoms with van der Waals surface area (Å²) in [7, 11) is 1.52. The molecule has 0 aliphatic rings. The van der Waals surface area contributed by atoms with Gasteiger partial charge in [-0.15, -0.1) is 0 Å². The van der Waals surface area contributed by atoms with Crippen LogP contribution in [0.15, 0.2) is 30.4 Å². The molecule has 1 N–H and O–H groups in total. The molecular formula is C21H32O3. The average Bonchev–Trinajstić information content (AvgIpc) is 2.59. The molecule has 0 aliphatic heterocycles. The summed E-state index contributed by atoms with van der Waals surface area (Å²) in [4.78, 5) is 11.9. The second kappa shape index (κ2) is 12.6. The van der Waals surface area contributed by atoms with Gasteiger partial charge in [-0.05, 0) is 43.0 Å². The van der Waals surface area contributed by atoms with Crippen LogP contribution in [0.1, 0.15) is 70.3 Å². The van der Waals surface area contributed by atoms with Gasteiger partial charge in [-0.25, -0.2) is 0 Å². The van der Waals surface area contributed by atoms with E-state index < -0.39 is 0 Å². The fourth-order valence-electron chi connectivity index (χ4n) is 2.66. The Morgan fingerprint density at radius 1 is 1.12 bits per heavy atom. The summed E-state index contributed by atoms with van der Waals surface area (Å²) in [5.74, 6) is 0.738. The zero-order valence-electron chi connectivity index (χ0n) is 15.2. The molecule has 0 bridgehead atoms. The first-order valence-corrected chi connectivity index (χ1v) is 9.22. The van der Waals surface area contributed by atoms with E-state index in [0.29, 0.717) is 18.6 Å². The average molecular weight is 332 g/mol. The number of ether oxygens (including phenoxy) is 1. The number of aromatic hydroxyl groups is 1. The minimum absolute atomic E-state index is 0.127. The number of unbranched alkanes of at least 4 members (excludes halogenated alkanes) is 7. The van der Waals surface area contributed by atoms with Crippen molar-refractivity contribution in [1.29, 1.82) is 0 Å². The Hall–Kier alpha value is -1.77. The normalized spacial score (nSPS) is 11.1. The molecule has 0 fully saturated rings. The smallest absolute Gasteiger partial charge is 0.160 e. The molecular weight excluding hydrogens is 300 g/mol. The lowest BCUT2D eigenvalue weighted by Crippen LogP contribution is -1.96. The van der Waals surface area contributed by atoms with Gasteiger partial charge in [0, 0.05) is 6.42 Å². The topological polar surface area (TPSA) is 46.5 Å². The number of ketones is 1. The molecule has 1 aromatic carbocycles. The maximum Gasteiger partial charge on any atom is 0.160 e. The quantitative estimate of drug-likeness (QED) is 0.378. The van der Waals surface area contributed by atoms with E-state index in [2.05, 4.69) is 6.92 Å². The van der Waals surface area contributed by atoms with Crippen LogP contribution in [0.3, 0.4) is 0 Å². The maximum atomic E-state index is 11.9. The number of benzene rings is 1. The van der Waals surface area contributed by atoms with Gasteiger partial charge in [0.25, 0.3) is 0 Å². The van der Waals surface area contributed by atoms with Crippen molar-refractivity contribution < 1.29 is 14.6 Å². The number of allylic oxidation sites excluding steroid dienone is 2. The van der Waals surface area contributed by atoms with E-state index in [-0.39, 0.29) is 11.5 Å². The highest BCUT2D eigenvalue weighted by molar-refractivity contribution is 5.89. The zero-order valence-corrected chi connectivity index (χ0v) is 15.2. The molecule has 0 radical (unpaired) electrons. The Balaban J connectivity index is 2.15. The number of aryl methyl sites for hydroxylation is 1. The third kappa shape index (κ3) is 8.76. The summed E-state index contributed by atoms with van der Waals surface area (Å²) in [6.07, 6.45) is 14.9. The molecule has 0 saturated heterocycles. The Labute approximate surface area is 146 Å². The third-order valence-electron chi connectivity index (χ3n) is 4.18. The van der Waals surface area contributed by atoms with Crippen LogP contribution in [-0.4, -0.2) is 18.0 Å². The minimum Gasteiger partial charge on any atom is -0.504 e. The van der Waals surface area contributed by atoms with E-state index in [1.807, 2.05) is 12.1 Å². The molecule has 1 rings (SSSR count). The van der Waals surface area contributed by atoms with Crippen LogP contribution in [0.5, 0.6) is 11.5 Å². The number of rotatable bonds is 13. The lowest BCUT2D eigenvalue weighted by molar-refractivity contribution is -0.114. The van der Waals surface area contributed by atoms with Crippen LogP contribution in [0.2, 0.25) is 0 Å². The lowest BCUT2D eigenvalue weighted by Gasteiger charge is -2.05. The van der Waals surface area contributed by atoms with Gasteiger partial charge in [0.15, 0.2) is 17.3 Å². The highest BCUT2D eigenvalue weighted by Crippen LogP contribution is 2.26. The number of methoxy groups -OCH3 is 1.